The van der Waals surface area contributed by atoms with E-state index in [0.29, 0.717) is 19.6 Å². The molecular formula is C33H38F2N6O4. The molecule has 4 fully saturated rings. The second-order valence-electron chi connectivity index (χ2n) is 13.3. The molecule has 1 saturated carbocycles. The number of rotatable bonds is 8. The number of aryl methyl sites for hydroxylation is 1. The highest BCUT2D eigenvalue weighted by atomic mass is 19.1. The lowest BCUT2D eigenvalue weighted by Gasteiger charge is -2.44. The smallest absolute Gasteiger partial charge is 0.335 e. The number of alkyl halides is 2. The number of nitrogens with one attached hydrogen (secondary N) is 1. The van der Waals surface area contributed by atoms with E-state index in [2.05, 4.69) is 19.9 Å². The number of hydrogen-bond acceptors (Lipinski definition) is 7. The van der Waals surface area contributed by atoms with Crippen LogP contribution in [0.1, 0.15) is 59.8 Å². The summed E-state index contributed by atoms with van der Waals surface area (Å²) in [6.07, 6.45) is 1.35. The minimum atomic E-state index is -1.43. The number of fused-ring (bicyclic) bond motifs is 2. The van der Waals surface area contributed by atoms with Crippen molar-refractivity contribution in [3.05, 3.63) is 59.5 Å². The molecule has 0 radical (unpaired) electrons. The minimum Gasteiger partial charge on any atom is -0.478 e. The monoisotopic (exact) mass is 620 g/mol. The number of nitrogens with zero attached hydrogens (tertiary/aromatic N) is 5. The molecule has 5 heterocycles. The van der Waals surface area contributed by atoms with Gasteiger partial charge in [-0.15, -0.1) is 0 Å². The van der Waals surface area contributed by atoms with E-state index < -0.39 is 30.7 Å². The van der Waals surface area contributed by atoms with Crippen LogP contribution in [0.2, 0.25) is 0 Å². The third-order valence-electron chi connectivity index (χ3n) is 10.5. The van der Waals surface area contributed by atoms with E-state index >= 15 is 4.39 Å². The number of hydrogen-bond donors (Lipinski definition) is 2. The van der Waals surface area contributed by atoms with E-state index in [9.17, 15) is 14.3 Å². The van der Waals surface area contributed by atoms with Gasteiger partial charge in [-0.3, -0.25) is 14.9 Å². The number of carbonyl (C=O) groups is 1. The number of halogens is 2. The van der Waals surface area contributed by atoms with Gasteiger partial charge in [0.05, 0.1) is 47.5 Å². The van der Waals surface area contributed by atoms with Crippen molar-refractivity contribution in [1.29, 1.82) is 0 Å². The van der Waals surface area contributed by atoms with Gasteiger partial charge in [-0.25, -0.2) is 18.6 Å². The van der Waals surface area contributed by atoms with E-state index in [-0.39, 0.29) is 36.0 Å². The maximum atomic E-state index is 15.3. The highest BCUT2D eigenvalue weighted by Crippen LogP contribution is 2.65. The Bertz CT molecular complexity index is 1750. The molecule has 1 aliphatic carbocycles. The Morgan fingerprint density at radius 3 is 2.71 bits per heavy atom. The highest BCUT2D eigenvalue weighted by molar-refractivity contribution is 5.92. The molecule has 6 atom stereocenters. The van der Waals surface area contributed by atoms with Gasteiger partial charge in [0.15, 0.2) is 0 Å². The number of likely N-dealkylation sites (tertiary alicyclic amines) is 1. The van der Waals surface area contributed by atoms with Crippen molar-refractivity contribution in [2.24, 2.45) is 12.5 Å². The van der Waals surface area contributed by atoms with Crippen molar-refractivity contribution in [3.8, 4) is 0 Å². The lowest BCUT2D eigenvalue weighted by atomic mass is 9.89. The first-order valence-corrected chi connectivity index (χ1v) is 15.9. The molecule has 0 amide bonds. The molecule has 4 aliphatic rings. The maximum Gasteiger partial charge on any atom is 0.335 e. The second-order valence-corrected chi connectivity index (χ2v) is 13.3. The van der Waals surface area contributed by atoms with Crippen molar-refractivity contribution in [3.63, 3.8) is 0 Å². The van der Waals surface area contributed by atoms with Gasteiger partial charge in [-0.05, 0) is 67.0 Å². The van der Waals surface area contributed by atoms with E-state index in [4.69, 9.17) is 14.5 Å². The average molecular weight is 621 g/mol. The summed E-state index contributed by atoms with van der Waals surface area (Å²) in [5, 5.41) is 18.1. The summed E-state index contributed by atoms with van der Waals surface area (Å²) in [6, 6.07) is 11.0. The molecule has 8 rings (SSSR count). The van der Waals surface area contributed by atoms with Crippen LogP contribution in [0.3, 0.4) is 0 Å². The van der Waals surface area contributed by atoms with Gasteiger partial charge in [0, 0.05) is 50.7 Å². The third-order valence-corrected chi connectivity index (χ3v) is 10.5. The Balaban J connectivity index is 0.936. The molecule has 3 saturated heterocycles. The highest BCUT2D eigenvalue weighted by Gasteiger charge is 2.58. The van der Waals surface area contributed by atoms with Crippen molar-refractivity contribution in [2.45, 2.75) is 82.0 Å². The molecule has 2 aromatic carbocycles. The summed E-state index contributed by atoms with van der Waals surface area (Å²) >= 11 is 0. The third kappa shape index (κ3) is 5.31. The first-order chi connectivity index (χ1) is 21.8. The molecule has 0 bridgehead atoms. The quantitative estimate of drug-likeness (QED) is 0.296. The Kier molecular flexibility index (Phi) is 7.16. The summed E-state index contributed by atoms with van der Waals surface area (Å²) in [4.78, 5) is 18.8. The zero-order chi connectivity index (χ0) is 30.9. The Morgan fingerprint density at radius 1 is 1.16 bits per heavy atom. The van der Waals surface area contributed by atoms with Gasteiger partial charge in [0.1, 0.15) is 24.4 Å². The van der Waals surface area contributed by atoms with Gasteiger partial charge in [0.2, 0.25) is 0 Å². The zero-order valence-electron chi connectivity index (χ0n) is 25.2. The number of piperidine rings is 2. The molecule has 238 valence electrons. The normalized spacial score (nSPS) is 29.8. The van der Waals surface area contributed by atoms with Gasteiger partial charge >= 0.3 is 5.97 Å². The molecule has 2 aromatic heterocycles. The number of imidazole rings is 1. The summed E-state index contributed by atoms with van der Waals surface area (Å²) in [6.45, 7) is 3.02. The van der Waals surface area contributed by atoms with E-state index in [1.54, 1.807) is 22.9 Å². The number of aromatic nitrogens is 4. The molecule has 10 nitrogen and oxygen atoms in total. The number of benzene rings is 2. The lowest BCUT2D eigenvalue weighted by molar-refractivity contribution is -0.108. The molecule has 5 unspecified atom stereocenters. The van der Waals surface area contributed by atoms with Crippen molar-refractivity contribution < 1.29 is 28.2 Å². The number of carboxylic acids is 1. The Morgan fingerprint density at radius 2 is 1.96 bits per heavy atom. The van der Waals surface area contributed by atoms with Gasteiger partial charge in [-0.2, -0.15) is 5.10 Å². The summed E-state index contributed by atoms with van der Waals surface area (Å²) in [7, 11) is 1.87. The molecule has 3 aliphatic heterocycles. The Hall–Kier alpha value is -3.45. The predicted molar refractivity (Wildman–Crippen MR) is 162 cm³/mol. The Labute approximate surface area is 259 Å². The molecule has 12 heteroatoms. The topological polar surface area (TPSA) is 107 Å². The van der Waals surface area contributed by atoms with Crippen LogP contribution in [-0.2, 0) is 29.7 Å². The zero-order valence-corrected chi connectivity index (χ0v) is 25.2. The minimum absolute atomic E-state index is 0.0790. The van der Waals surface area contributed by atoms with Crippen LogP contribution < -0.4 is 5.32 Å². The molecule has 45 heavy (non-hydrogen) atoms. The first kappa shape index (κ1) is 29.0. The fourth-order valence-electron chi connectivity index (χ4n) is 7.68. The standard InChI is InChI=1S/C33H38F2N6O4/c1-39-16-21-12-19(2-4-26(21)38-39)18-45-31-25(35)14-24(34)30(37-31)40-9-7-33(8-10-40)15-23(33)29-36-27-5-3-20(32(42)43)13-28(27)41(29)17-22-6-11-44-22/h2-5,12-13,16,22-25,30-31,37H,6-11,14-15,17-18H2,1H3,(H,42,43)/t22-,23?,24?,25?,30?,31?/m0/s1. The fourth-order valence-corrected chi connectivity index (χ4v) is 7.68. The summed E-state index contributed by atoms with van der Waals surface area (Å²) in [5.41, 5.74) is 3.76. The number of carboxylic acid groups (broad SMARTS) is 1. The predicted octanol–water partition coefficient (Wildman–Crippen LogP) is 4.52. The van der Waals surface area contributed by atoms with E-state index in [0.717, 1.165) is 65.6 Å². The van der Waals surface area contributed by atoms with Crippen molar-refractivity contribution in [2.75, 3.05) is 19.7 Å². The molecule has 1 spiro atoms. The summed E-state index contributed by atoms with van der Waals surface area (Å²) in [5.74, 6) is 0.292. The van der Waals surface area contributed by atoms with Crippen LogP contribution in [0.4, 0.5) is 8.78 Å². The molecular weight excluding hydrogens is 582 g/mol. The lowest BCUT2D eigenvalue weighted by Crippen LogP contribution is -2.63. The van der Waals surface area contributed by atoms with Crippen LogP contribution in [0, 0.1) is 5.41 Å². The van der Waals surface area contributed by atoms with Crippen molar-refractivity contribution >= 4 is 27.9 Å². The van der Waals surface area contributed by atoms with E-state index in [1.165, 1.54) is 0 Å². The van der Waals surface area contributed by atoms with Crippen LogP contribution in [-0.4, -0.2) is 85.8 Å². The number of ether oxygens (including phenoxy) is 2. The van der Waals surface area contributed by atoms with Crippen LogP contribution >= 0.6 is 0 Å². The van der Waals surface area contributed by atoms with Gasteiger partial charge in [0.25, 0.3) is 0 Å². The van der Waals surface area contributed by atoms with Crippen LogP contribution in [0.15, 0.2) is 42.6 Å². The van der Waals surface area contributed by atoms with Crippen LogP contribution in [0.5, 0.6) is 0 Å². The number of aromatic carboxylic acids is 1. The van der Waals surface area contributed by atoms with Gasteiger partial charge in [-0.1, -0.05) is 6.07 Å². The molecule has 2 N–H and O–H groups in total. The van der Waals surface area contributed by atoms with Crippen molar-refractivity contribution in [1.82, 2.24) is 29.5 Å². The van der Waals surface area contributed by atoms with E-state index in [1.807, 2.05) is 31.4 Å². The maximum absolute atomic E-state index is 15.3. The average Bonchev–Trinajstić information content (AvgIpc) is 3.36. The largest absolute Gasteiger partial charge is 0.478 e. The summed E-state index contributed by atoms with van der Waals surface area (Å²) < 4.78 is 45.9. The SMILES string of the molecule is Cn1cc2cc(COC3NC(N4CCC5(CC4)CC5c4nc5ccc(C(=O)O)cc5n4C[C@@H]4CCO4)C(F)CC3F)ccc2n1. The van der Waals surface area contributed by atoms with Gasteiger partial charge < -0.3 is 19.1 Å². The second kappa shape index (κ2) is 11.1. The first-order valence-electron chi connectivity index (χ1n) is 15.9. The fraction of sp³-hybridized carbons (Fsp3) is 0.545. The molecule has 4 aromatic rings. The van der Waals surface area contributed by atoms with Crippen LogP contribution in [0.25, 0.3) is 21.9 Å².